The summed E-state index contributed by atoms with van der Waals surface area (Å²) in [4.78, 5) is 12.4. The summed E-state index contributed by atoms with van der Waals surface area (Å²) < 4.78 is 11.1. The van der Waals surface area contributed by atoms with Gasteiger partial charge < -0.3 is 15.2 Å². The van der Waals surface area contributed by atoms with Crippen molar-refractivity contribution in [2.45, 2.75) is 0 Å². The van der Waals surface area contributed by atoms with Crippen LogP contribution in [0.5, 0.6) is 11.5 Å². The third-order valence-corrected chi connectivity index (χ3v) is 3.01. The highest BCUT2D eigenvalue weighted by Gasteiger charge is 2.22. The topological polar surface area (TPSA) is 127 Å². The van der Waals surface area contributed by atoms with E-state index in [2.05, 4.69) is 5.10 Å². The first-order valence-corrected chi connectivity index (χ1v) is 6.12. The van der Waals surface area contributed by atoms with Crippen molar-refractivity contribution in [3.8, 4) is 17.6 Å². The van der Waals surface area contributed by atoms with Gasteiger partial charge in [0.2, 0.25) is 5.78 Å². The van der Waals surface area contributed by atoms with Gasteiger partial charge in [-0.1, -0.05) is 0 Å². The summed E-state index contributed by atoms with van der Waals surface area (Å²) >= 11 is 0. The van der Waals surface area contributed by atoms with E-state index in [-0.39, 0.29) is 22.7 Å². The standard InChI is InChI=1S/C14H13N5O3/c1-21-9-3-4-10(11(5-9)22-2)12(20)14(17)19-13(16)8(6-15)7-18-19/h3-5,7,17H,16H2,1-2H3. The number of carbonyl (C=O) groups is 1. The first-order chi connectivity index (χ1) is 10.5. The van der Waals surface area contributed by atoms with E-state index in [1.54, 1.807) is 6.07 Å². The number of nitrogen functional groups attached to an aromatic ring is 1. The van der Waals surface area contributed by atoms with Crippen molar-refractivity contribution < 1.29 is 14.3 Å². The molecular weight excluding hydrogens is 286 g/mol. The highest BCUT2D eigenvalue weighted by Crippen LogP contribution is 2.25. The fourth-order valence-corrected chi connectivity index (χ4v) is 1.83. The molecule has 0 radical (unpaired) electrons. The second-order valence-electron chi connectivity index (χ2n) is 4.21. The summed E-state index contributed by atoms with van der Waals surface area (Å²) in [6.07, 6.45) is 1.20. The van der Waals surface area contributed by atoms with Crippen LogP contribution in [0, 0.1) is 16.7 Å². The Balaban J connectivity index is 2.41. The molecule has 0 spiro atoms. The first kappa shape index (κ1) is 15.1. The normalized spacial score (nSPS) is 9.86. The minimum atomic E-state index is -0.640. The number of nitrogens with two attached hydrogens (primary N) is 1. The maximum Gasteiger partial charge on any atom is 0.233 e. The van der Waals surface area contributed by atoms with Crippen LogP contribution in [0.3, 0.4) is 0 Å². The maximum absolute atomic E-state index is 12.4. The minimum absolute atomic E-state index is 0.0617. The number of nitrogens with one attached hydrogen (secondary N) is 1. The van der Waals surface area contributed by atoms with Crippen molar-refractivity contribution in [2.75, 3.05) is 20.0 Å². The number of ether oxygens (including phenoxy) is 2. The SMILES string of the molecule is COc1ccc(C(=O)C(=N)n2ncc(C#N)c2N)c(OC)c1. The Hall–Kier alpha value is -3.34. The Bertz CT molecular complexity index is 788. The number of hydrogen-bond donors (Lipinski definition) is 2. The Kier molecular flexibility index (Phi) is 4.08. The van der Waals surface area contributed by atoms with E-state index in [0.717, 1.165) is 4.68 Å². The number of benzene rings is 1. The van der Waals surface area contributed by atoms with Crippen molar-refractivity contribution in [3.63, 3.8) is 0 Å². The van der Waals surface area contributed by atoms with E-state index in [1.165, 1.54) is 32.5 Å². The van der Waals surface area contributed by atoms with Crippen molar-refractivity contribution in [2.24, 2.45) is 0 Å². The monoisotopic (exact) mass is 299 g/mol. The maximum atomic E-state index is 12.4. The number of nitrogens with zero attached hydrogens (tertiary/aromatic N) is 3. The van der Waals surface area contributed by atoms with Crippen LogP contribution in [0.1, 0.15) is 15.9 Å². The van der Waals surface area contributed by atoms with E-state index < -0.39 is 11.6 Å². The summed E-state index contributed by atoms with van der Waals surface area (Å²) in [7, 11) is 2.90. The van der Waals surface area contributed by atoms with Crippen LogP contribution < -0.4 is 15.2 Å². The highest BCUT2D eigenvalue weighted by atomic mass is 16.5. The van der Waals surface area contributed by atoms with Gasteiger partial charge in [-0.05, 0) is 12.1 Å². The van der Waals surface area contributed by atoms with Crippen molar-refractivity contribution in [1.82, 2.24) is 9.78 Å². The van der Waals surface area contributed by atoms with Crippen molar-refractivity contribution in [3.05, 3.63) is 35.5 Å². The molecule has 1 aromatic heterocycles. The molecule has 8 heteroatoms. The summed E-state index contributed by atoms with van der Waals surface area (Å²) in [5, 5.41) is 20.6. The van der Waals surface area contributed by atoms with Gasteiger partial charge in [0.1, 0.15) is 28.9 Å². The van der Waals surface area contributed by atoms with Gasteiger partial charge in [-0.15, -0.1) is 0 Å². The van der Waals surface area contributed by atoms with Gasteiger partial charge in [0, 0.05) is 6.07 Å². The lowest BCUT2D eigenvalue weighted by molar-refractivity contribution is 0.105. The van der Waals surface area contributed by atoms with Crippen LogP contribution in [0.25, 0.3) is 0 Å². The Morgan fingerprint density at radius 2 is 2.14 bits per heavy atom. The predicted molar refractivity (Wildman–Crippen MR) is 78.4 cm³/mol. The van der Waals surface area contributed by atoms with Crippen LogP contribution >= 0.6 is 0 Å². The van der Waals surface area contributed by atoms with E-state index in [9.17, 15) is 4.79 Å². The summed E-state index contributed by atoms with van der Waals surface area (Å²) in [6, 6.07) is 6.43. The molecular formula is C14H13N5O3. The lowest BCUT2D eigenvalue weighted by Crippen LogP contribution is -2.25. The van der Waals surface area contributed by atoms with Crippen LogP contribution in [-0.2, 0) is 0 Å². The van der Waals surface area contributed by atoms with E-state index in [1.807, 2.05) is 6.07 Å². The fourth-order valence-electron chi connectivity index (χ4n) is 1.83. The average Bonchev–Trinajstić information content (AvgIpc) is 2.93. The zero-order valence-electron chi connectivity index (χ0n) is 12.0. The molecule has 2 aromatic rings. The summed E-state index contributed by atoms with van der Waals surface area (Å²) in [5.74, 6) is -0.403. The molecule has 22 heavy (non-hydrogen) atoms. The summed E-state index contributed by atoms with van der Waals surface area (Å²) in [5.41, 5.74) is 5.95. The van der Waals surface area contributed by atoms with E-state index in [4.69, 9.17) is 25.9 Å². The van der Waals surface area contributed by atoms with Crippen LogP contribution in [0.4, 0.5) is 5.82 Å². The molecule has 3 N–H and O–H groups in total. The van der Waals surface area contributed by atoms with Crippen LogP contribution in [-0.4, -0.2) is 35.6 Å². The second kappa shape index (κ2) is 5.97. The molecule has 0 fully saturated rings. The molecule has 0 saturated heterocycles. The average molecular weight is 299 g/mol. The van der Waals surface area contributed by atoms with Gasteiger partial charge in [-0.3, -0.25) is 10.2 Å². The van der Waals surface area contributed by atoms with Gasteiger partial charge in [0.25, 0.3) is 0 Å². The van der Waals surface area contributed by atoms with Gasteiger partial charge in [0.05, 0.1) is 26.0 Å². The molecule has 0 aliphatic rings. The van der Waals surface area contributed by atoms with Gasteiger partial charge >= 0.3 is 0 Å². The Morgan fingerprint density at radius 1 is 1.41 bits per heavy atom. The Morgan fingerprint density at radius 3 is 2.68 bits per heavy atom. The van der Waals surface area contributed by atoms with Gasteiger partial charge in [0.15, 0.2) is 5.84 Å². The second-order valence-corrected chi connectivity index (χ2v) is 4.21. The first-order valence-electron chi connectivity index (χ1n) is 6.12. The number of aromatic nitrogens is 2. The fraction of sp³-hybridized carbons (Fsp3) is 0.143. The van der Waals surface area contributed by atoms with Crippen LogP contribution in [0.15, 0.2) is 24.4 Å². The van der Waals surface area contributed by atoms with E-state index >= 15 is 0 Å². The van der Waals surface area contributed by atoms with Crippen LogP contribution in [0.2, 0.25) is 0 Å². The number of rotatable bonds is 4. The molecule has 1 heterocycles. The lowest BCUT2D eigenvalue weighted by Gasteiger charge is -2.10. The molecule has 0 aliphatic heterocycles. The molecule has 0 saturated carbocycles. The molecule has 0 aliphatic carbocycles. The smallest absolute Gasteiger partial charge is 0.233 e. The van der Waals surface area contributed by atoms with Crippen molar-refractivity contribution in [1.29, 1.82) is 10.7 Å². The number of nitriles is 1. The minimum Gasteiger partial charge on any atom is -0.497 e. The van der Waals surface area contributed by atoms with E-state index in [0.29, 0.717) is 5.75 Å². The van der Waals surface area contributed by atoms with Crippen molar-refractivity contribution >= 4 is 17.4 Å². The molecule has 8 nitrogen and oxygen atoms in total. The number of Topliss-reactive ketones (excluding diaryl/α,β-unsaturated/α-hetero) is 1. The molecule has 0 amide bonds. The zero-order valence-corrected chi connectivity index (χ0v) is 12.0. The molecule has 2 rings (SSSR count). The molecule has 0 unspecified atom stereocenters. The lowest BCUT2D eigenvalue weighted by atomic mass is 10.1. The largest absolute Gasteiger partial charge is 0.497 e. The third-order valence-electron chi connectivity index (χ3n) is 3.01. The van der Waals surface area contributed by atoms with Gasteiger partial charge in [-0.2, -0.15) is 15.0 Å². The predicted octanol–water partition coefficient (Wildman–Crippen LogP) is 1.06. The Labute approximate surface area is 126 Å². The number of hydrogen-bond acceptors (Lipinski definition) is 7. The zero-order chi connectivity index (χ0) is 16.3. The number of ketones is 1. The molecule has 1 aromatic carbocycles. The number of anilines is 1. The quantitative estimate of drug-likeness (QED) is 0.493. The summed E-state index contributed by atoms with van der Waals surface area (Å²) in [6.45, 7) is 0. The third kappa shape index (κ3) is 2.47. The highest BCUT2D eigenvalue weighted by molar-refractivity contribution is 6.45. The molecule has 0 atom stereocenters. The molecule has 0 bridgehead atoms. The molecule has 112 valence electrons. The van der Waals surface area contributed by atoms with Gasteiger partial charge in [-0.25, -0.2) is 0 Å². The number of carbonyl (C=O) groups excluding carboxylic acids is 1. The number of methoxy groups -OCH3 is 2.